The van der Waals surface area contributed by atoms with E-state index < -0.39 is 0 Å². The highest BCUT2D eigenvalue weighted by Gasteiger charge is 2.26. The van der Waals surface area contributed by atoms with Crippen molar-refractivity contribution in [2.24, 2.45) is 0 Å². The predicted molar refractivity (Wildman–Crippen MR) is 63.7 cm³/mol. The fraction of sp³-hybridized carbons (Fsp3) is 0.833. The molecule has 5 heteroatoms. The average Bonchev–Trinajstić information content (AvgIpc) is 2.63. The molecule has 0 N–H and O–H groups in total. The van der Waals surface area contributed by atoms with Gasteiger partial charge in [-0.05, 0) is 19.4 Å². The molecule has 0 amide bonds. The molecule has 0 spiro atoms. The number of rotatable bonds is 4. The van der Waals surface area contributed by atoms with E-state index >= 15 is 0 Å². The first kappa shape index (κ1) is 12.5. The van der Waals surface area contributed by atoms with Gasteiger partial charge < -0.3 is 9.26 Å². The van der Waals surface area contributed by atoms with Crippen LogP contribution < -0.4 is 0 Å². The van der Waals surface area contributed by atoms with E-state index in [1.54, 1.807) is 7.11 Å². The fourth-order valence-corrected chi connectivity index (χ4v) is 2.39. The highest BCUT2D eigenvalue weighted by molar-refractivity contribution is 4.95. The molecule has 0 aliphatic carbocycles. The van der Waals surface area contributed by atoms with Gasteiger partial charge in [-0.15, -0.1) is 0 Å². The molecule has 0 radical (unpaired) electrons. The van der Waals surface area contributed by atoms with E-state index in [0.29, 0.717) is 11.9 Å². The first-order valence-electron chi connectivity index (χ1n) is 6.34. The van der Waals surface area contributed by atoms with Crippen molar-refractivity contribution in [1.82, 2.24) is 15.0 Å². The molecular formula is C12H21N3O2. The Bertz CT molecular complexity index is 340. The predicted octanol–water partition coefficient (Wildman–Crippen LogP) is 1.94. The standard InChI is InChI=1S/C12H21N3O2/c1-10-13-12(14-17-10)11-6-4-3-5-7-15(11)8-9-16-2/h11H,3-9H2,1-2H3. The molecule has 1 saturated heterocycles. The van der Waals surface area contributed by atoms with Crippen LogP contribution in [-0.2, 0) is 4.74 Å². The van der Waals surface area contributed by atoms with Gasteiger partial charge in [-0.25, -0.2) is 0 Å². The molecule has 1 atom stereocenters. The van der Waals surface area contributed by atoms with Crippen LogP contribution in [0.5, 0.6) is 0 Å². The smallest absolute Gasteiger partial charge is 0.223 e. The summed E-state index contributed by atoms with van der Waals surface area (Å²) < 4.78 is 10.3. The van der Waals surface area contributed by atoms with E-state index in [4.69, 9.17) is 9.26 Å². The minimum absolute atomic E-state index is 0.296. The van der Waals surface area contributed by atoms with Crippen LogP contribution in [0.2, 0.25) is 0 Å². The number of aromatic nitrogens is 2. The number of nitrogens with zero attached hydrogens (tertiary/aromatic N) is 3. The second-order valence-corrected chi connectivity index (χ2v) is 4.57. The zero-order chi connectivity index (χ0) is 12.1. The molecule has 1 aromatic rings. The monoisotopic (exact) mass is 239 g/mol. The lowest BCUT2D eigenvalue weighted by molar-refractivity contribution is 0.117. The largest absolute Gasteiger partial charge is 0.383 e. The maximum Gasteiger partial charge on any atom is 0.223 e. The molecule has 2 heterocycles. The number of hydrogen-bond acceptors (Lipinski definition) is 5. The normalized spacial score (nSPS) is 22.6. The summed E-state index contributed by atoms with van der Waals surface area (Å²) in [6.45, 7) is 4.64. The maximum atomic E-state index is 5.17. The summed E-state index contributed by atoms with van der Waals surface area (Å²) in [7, 11) is 1.74. The van der Waals surface area contributed by atoms with Gasteiger partial charge in [-0.2, -0.15) is 4.98 Å². The molecule has 1 aliphatic heterocycles. The second-order valence-electron chi connectivity index (χ2n) is 4.57. The molecule has 0 bridgehead atoms. The highest BCUT2D eigenvalue weighted by Crippen LogP contribution is 2.27. The lowest BCUT2D eigenvalue weighted by atomic mass is 10.1. The van der Waals surface area contributed by atoms with Crippen LogP contribution in [0.3, 0.4) is 0 Å². The SMILES string of the molecule is COCCN1CCCCCC1c1noc(C)n1. The van der Waals surface area contributed by atoms with Crippen molar-refractivity contribution in [3.05, 3.63) is 11.7 Å². The third kappa shape index (κ3) is 3.26. The number of aryl methyl sites for hydroxylation is 1. The molecular weight excluding hydrogens is 218 g/mol. The van der Waals surface area contributed by atoms with Crippen LogP contribution in [0.1, 0.15) is 43.4 Å². The van der Waals surface area contributed by atoms with Gasteiger partial charge in [0.2, 0.25) is 5.89 Å². The van der Waals surface area contributed by atoms with Crippen LogP contribution in [-0.4, -0.2) is 41.8 Å². The second kappa shape index (κ2) is 6.12. The van der Waals surface area contributed by atoms with Gasteiger partial charge in [0.15, 0.2) is 5.82 Å². The Kier molecular flexibility index (Phi) is 4.50. The van der Waals surface area contributed by atoms with Crippen molar-refractivity contribution in [1.29, 1.82) is 0 Å². The maximum absolute atomic E-state index is 5.17. The average molecular weight is 239 g/mol. The Labute approximate surface area is 102 Å². The molecule has 17 heavy (non-hydrogen) atoms. The van der Waals surface area contributed by atoms with Gasteiger partial charge in [-0.1, -0.05) is 18.0 Å². The van der Waals surface area contributed by atoms with Gasteiger partial charge >= 0.3 is 0 Å². The molecule has 5 nitrogen and oxygen atoms in total. The van der Waals surface area contributed by atoms with Gasteiger partial charge in [0.25, 0.3) is 0 Å². The van der Waals surface area contributed by atoms with Crippen molar-refractivity contribution >= 4 is 0 Å². The first-order valence-corrected chi connectivity index (χ1v) is 6.34. The minimum atomic E-state index is 0.296. The number of hydrogen-bond donors (Lipinski definition) is 0. The molecule has 1 aromatic heterocycles. The van der Waals surface area contributed by atoms with Crippen molar-refractivity contribution in [3.63, 3.8) is 0 Å². The van der Waals surface area contributed by atoms with Crippen LogP contribution in [0.25, 0.3) is 0 Å². The van der Waals surface area contributed by atoms with Gasteiger partial charge in [0.1, 0.15) is 0 Å². The van der Waals surface area contributed by atoms with Gasteiger partial charge in [-0.3, -0.25) is 4.90 Å². The highest BCUT2D eigenvalue weighted by atomic mass is 16.5. The third-order valence-corrected chi connectivity index (χ3v) is 3.29. The van der Waals surface area contributed by atoms with E-state index in [1.165, 1.54) is 19.3 Å². The van der Waals surface area contributed by atoms with E-state index in [9.17, 15) is 0 Å². The quantitative estimate of drug-likeness (QED) is 0.803. The van der Waals surface area contributed by atoms with Crippen LogP contribution >= 0.6 is 0 Å². The zero-order valence-electron chi connectivity index (χ0n) is 10.7. The Morgan fingerprint density at radius 1 is 1.41 bits per heavy atom. The zero-order valence-corrected chi connectivity index (χ0v) is 10.7. The summed E-state index contributed by atoms with van der Waals surface area (Å²) in [5.74, 6) is 1.48. The lowest BCUT2D eigenvalue weighted by Crippen LogP contribution is -2.32. The van der Waals surface area contributed by atoms with Crippen LogP contribution in [0, 0.1) is 6.92 Å². The summed E-state index contributed by atoms with van der Waals surface area (Å²) in [5, 5.41) is 4.07. The first-order chi connectivity index (χ1) is 8.31. The summed E-state index contributed by atoms with van der Waals surface area (Å²) in [5.41, 5.74) is 0. The van der Waals surface area contributed by atoms with Gasteiger partial charge in [0, 0.05) is 20.6 Å². The van der Waals surface area contributed by atoms with Crippen LogP contribution in [0.4, 0.5) is 0 Å². The molecule has 96 valence electrons. The molecule has 2 rings (SSSR count). The molecule has 0 aromatic carbocycles. The number of likely N-dealkylation sites (tertiary alicyclic amines) is 1. The molecule has 0 saturated carbocycles. The number of ether oxygens (including phenoxy) is 1. The van der Waals surface area contributed by atoms with E-state index in [0.717, 1.165) is 31.9 Å². The van der Waals surface area contributed by atoms with E-state index in [-0.39, 0.29) is 0 Å². The van der Waals surface area contributed by atoms with E-state index in [2.05, 4.69) is 15.0 Å². The van der Waals surface area contributed by atoms with Gasteiger partial charge in [0.05, 0.1) is 12.6 Å². The Morgan fingerprint density at radius 3 is 3.00 bits per heavy atom. The molecule has 1 aliphatic rings. The fourth-order valence-electron chi connectivity index (χ4n) is 2.39. The molecule has 1 unspecified atom stereocenters. The Morgan fingerprint density at radius 2 is 2.29 bits per heavy atom. The van der Waals surface area contributed by atoms with Crippen molar-refractivity contribution in [2.75, 3.05) is 26.8 Å². The summed E-state index contributed by atoms with van der Waals surface area (Å²) in [6, 6.07) is 0.296. The minimum Gasteiger partial charge on any atom is -0.383 e. The van der Waals surface area contributed by atoms with Crippen molar-refractivity contribution in [3.8, 4) is 0 Å². The Hall–Kier alpha value is -0.940. The van der Waals surface area contributed by atoms with Crippen molar-refractivity contribution in [2.45, 2.75) is 38.6 Å². The summed E-state index contributed by atoms with van der Waals surface area (Å²) >= 11 is 0. The molecule has 1 fully saturated rings. The Balaban J connectivity index is 2.08. The third-order valence-electron chi connectivity index (χ3n) is 3.29. The number of methoxy groups -OCH3 is 1. The van der Waals surface area contributed by atoms with E-state index in [1.807, 2.05) is 6.92 Å². The topological polar surface area (TPSA) is 51.4 Å². The summed E-state index contributed by atoms with van der Waals surface area (Å²) in [6.07, 6.45) is 4.89. The van der Waals surface area contributed by atoms with Crippen molar-refractivity contribution < 1.29 is 9.26 Å². The lowest BCUT2D eigenvalue weighted by Gasteiger charge is -2.27. The van der Waals surface area contributed by atoms with Crippen LogP contribution in [0.15, 0.2) is 4.52 Å². The summed E-state index contributed by atoms with van der Waals surface area (Å²) in [4.78, 5) is 6.79.